The molecule has 0 aromatic rings. The first-order chi connectivity index (χ1) is 5.70. The topological polar surface area (TPSA) is 78.8 Å². The summed E-state index contributed by atoms with van der Waals surface area (Å²) < 4.78 is 5.05. The summed E-state index contributed by atoms with van der Waals surface area (Å²) in [5.74, 6) is 0. The minimum absolute atomic E-state index is 0.00958. The first-order valence-electron chi connectivity index (χ1n) is 3.63. The molecule has 1 aliphatic heterocycles. The predicted molar refractivity (Wildman–Crippen MR) is 40.9 cm³/mol. The number of ether oxygens (including phenoxy) is 1. The maximum atomic E-state index is 10.0. The van der Waals surface area contributed by atoms with E-state index in [4.69, 9.17) is 9.84 Å². The molecule has 0 radical (unpaired) electrons. The number of hydrogen-bond acceptors (Lipinski definition) is 3. The summed E-state index contributed by atoms with van der Waals surface area (Å²) in [7, 11) is 0. The Morgan fingerprint density at radius 1 is 1.83 bits per heavy atom. The van der Waals surface area contributed by atoms with E-state index in [2.05, 4.69) is 5.32 Å². The van der Waals surface area contributed by atoms with Gasteiger partial charge in [-0.1, -0.05) is 12.2 Å². The van der Waals surface area contributed by atoms with Crippen LogP contribution in [0.25, 0.3) is 0 Å². The molecule has 1 unspecified atom stereocenters. The normalized spacial score (nSPS) is 23.9. The minimum atomic E-state index is -1.14. The third-order valence-electron chi connectivity index (χ3n) is 1.55. The summed E-state index contributed by atoms with van der Waals surface area (Å²) in [6.45, 7) is 0.471. The molecule has 5 nitrogen and oxygen atoms in total. The number of carboxylic acid groups (broad SMARTS) is 1. The Bertz CT molecular complexity index is 192. The molecule has 12 heavy (non-hydrogen) atoms. The van der Waals surface area contributed by atoms with Crippen LogP contribution in [0.1, 0.15) is 0 Å². The second-order valence-electron chi connectivity index (χ2n) is 2.48. The Labute approximate surface area is 69.6 Å². The van der Waals surface area contributed by atoms with Gasteiger partial charge in [-0.2, -0.15) is 0 Å². The summed E-state index contributed by atoms with van der Waals surface area (Å²) in [5.41, 5.74) is 0. The largest absolute Gasteiger partial charge is 0.465 e. The van der Waals surface area contributed by atoms with Gasteiger partial charge in [0.25, 0.3) is 0 Å². The number of nitrogens with one attached hydrogen (secondary N) is 1. The van der Waals surface area contributed by atoms with Crippen LogP contribution in [0.5, 0.6) is 0 Å². The van der Waals surface area contributed by atoms with Crippen molar-refractivity contribution in [1.29, 1.82) is 0 Å². The van der Waals surface area contributed by atoms with Crippen LogP contribution in [0, 0.1) is 0 Å². The van der Waals surface area contributed by atoms with Crippen LogP contribution in [-0.4, -0.2) is 41.7 Å². The summed E-state index contributed by atoms with van der Waals surface area (Å²) in [6.07, 6.45) is 1.18. The van der Waals surface area contributed by atoms with Gasteiger partial charge in [0.05, 0.1) is 6.61 Å². The fourth-order valence-electron chi connectivity index (χ4n) is 0.959. The number of carbonyl (C=O) groups is 1. The van der Waals surface area contributed by atoms with Crippen molar-refractivity contribution < 1.29 is 19.7 Å². The predicted octanol–water partition coefficient (Wildman–Crippen LogP) is -0.430. The standard InChI is InChI=1S/C7H11NO4/c9-5(4-8-7(10)11)6-2-1-3-12-6/h1-2,5-6,8-9H,3-4H2,(H,10,11)/t5-,6?/m0/s1. The van der Waals surface area contributed by atoms with E-state index in [9.17, 15) is 9.90 Å². The first kappa shape index (κ1) is 9.02. The lowest BCUT2D eigenvalue weighted by atomic mass is 10.2. The summed E-state index contributed by atoms with van der Waals surface area (Å²) in [6, 6.07) is 0. The molecule has 0 aliphatic carbocycles. The van der Waals surface area contributed by atoms with Gasteiger partial charge >= 0.3 is 6.09 Å². The summed E-state index contributed by atoms with van der Waals surface area (Å²) in [4.78, 5) is 10.0. The van der Waals surface area contributed by atoms with Crippen LogP contribution in [0.3, 0.4) is 0 Å². The van der Waals surface area contributed by atoms with Crippen LogP contribution >= 0.6 is 0 Å². The second kappa shape index (κ2) is 4.08. The molecule has 0 saturated heterocycles. The molecule has 1 heterocycles. The molecular weight excluding hydrogens is 162 g/mol. The zero-order valence-electron chi connectivity index (χ0n) is 6.43. The molecule has 0 spiro atoms. The lowest BCUT2D eigenvalue weighted by Crippen LogP contribution is -2.37. The van der Waals surface area contributed by atoms with E-state index >= 15 is 0 Å². The van der Waals surface area contributed by atoms with Crippen molar-refractivity contribution >= 4 is 6.09 Å². The van der Waals surface area contributed by atoms with Gasteiger partial charge in [0.2, 0.25) is 0 Å². The Morgan fingerprint density at radius 2 is 2.58 bits per heavy atom. The van der Waals surface area contributed by atoms with Gasteiger partial charge in [-0.25, -0.2) is 4.79 Å². The summed E-state index contributed by atoms with van der Waals surface area (Å²) >= 11 is 0. The SMILES string of the molecule is O=C(O)NC[C@H](O)C1C=CCO1. The third-order valence-corrected chi connectivity index (χ3v) is 1.55. The van der Waals surface area contributed by atoms with Gasteiger partial charge < -0.3 is 20.3 Å². The number of hydrogen-bond donors (Lipinski definition) is 3. The van der Waals surface area contributed by atoms with E-state index in [1.807, 2.05) is 0 Å². The van der Waals surface area contributed by atoms with Crippen LogP contribution < -0.4 is 5.32 Å². The molecule has 0 bridgehead atoms. The lowest BCUT2D eigenvalue weighted by Gasteiger charge is -2.15. The Kier molecular flexibility index (Phi) is 3.07. The fraction of sp³-hybridized carbons (Fsp3) is 0.571. The van der Waals surface area contributed by atoms with Crippen LogP contribution in [0.2, 0.25) is 0 Å². The highest BCUT2D eigenvalue weighted by Gasteiger charge is 2.19. The van der Waals surface area contributed by atoms with Gasteiger partial charge in [0.1, 0.15) is 12.2 Å². The molecule has 0 fully saturated rings. The maximum absolute atomic E-state index is 10.0. The van der Waals surface area contributed by atoms with Crippen LogP contribution in [0.15, 0.2) is 12.2 Å². The third kappa shape index (κ3) is 2.52. The van der Waals surface area contributed by atoms with Gasteiger partial charge in [-0.15, -0.1) is 0 Å². The number of aliphatic hydroxyl groups is 1. The van der Waals surface area contributed by atoms with E-state index in [0.29, 0.717) is 6.61 Å². The molecule has 3 N–H and O–H groups in total. The highest BCUT2D eigenvalue weighted by atomic mass is 16.5. The number of aliphatic hydroxyl groups excluding tert-OH is 1. The average molecular weight is 173 g/mol. The fourth-order valence-corrected chi connectivity index (χ4v) is 0.959. The lowest BCUT2D eigenvalue weighted by molar-refractivity contribution is 0.0146. The van der Waals surface area contributed by atoms with Gasteiger partial charge in [-0.3, -0.25) is 0 Å². The van der Waals surface area contributed by atoms with Crippen molar-refractivity contribution in [1.82, 2.24) is 5.32 Å². The van der Waals surface area contributed by atoms with Crippen molar-refractivity contribution in [2.45, 2.75) is 12.2 Å². The smallest absolute Gasteiger partial charge is 0.404 e. The highest BCUT2D eigenvalue weighted by Crippen LogP contribution is 2.07. The minimum Gasteiger partial charge on any atom is -0.465 e. The van der Waals surface area contributed by atoms with E-state index in [-0.39, 0.29) is 12.6 Å². The van der Waals surface area contributed by atoms with E-state index in [1.165, 1.54) is 0 Å². The van der Waals surface area contributed by atoms with Crippen molar-refractivity contribution in [2.75, 3.05) is 13.2 Å². The van der Waals surface area contributed by atoms with Crippen LogP contribution in [0.4, 0.5) is 4.79 Å². The average Bonchev–Trinajstić information content (AvgIpc) is 2.51. The monoisotopic (exact) mass is 173 g/mol. The molecule has 1 rings (SSSR count). The molecule has 5 heteroatoms. The van der Waals surface area contributed by atoms with E-state index in [0.717, 1.165) is 0 Å². The Hall–Kier alpha value is -1.07. The zero-order chi connectivity index (χ0) is 8.97. The Balaban J connectivity index is 2.23. The van der Waals surface area contributed by atoms with Crippen LogP contribution in [-0.2, 0) is 4.74 Å². The first-order valence-corrected chi connectivity index (χ1v) is 3.63. The van der Waals surface area contributed by atoms with Crippen molar-refractivity contribution in [3.63, 3.8) is 0 Å². The molecule has 0 saturated carbocycles. The molecule has 2 atom stereocenters. The molecule has 1 aliphatic rings. The number of rotatable bonds is 3. The molecular formula is C7H11NO4. The maximum Gasteiger partial charge on any atom is 0.404 e. The zero-order valence-corrected chi connectivity index (χ0v) is 6.43. The van der Waals surface area contributed by atoms with Crippen molar-refractivity contribution in [2.24, 2.45) is 0 Å². The van der Waals surface area contributed by atoms with Crippen molar-refractivity contribution in [3.05, 3.63) is 12.2 Å². The molecule has 0 aromatic carbocycles. The van der Waals surface area contributed by atoms with Gasteiger partial charge in [-0.05, 0) is 0 Å². The van der Waals surface area contributed by atoms with Gasteiger partial charge in [0, 0.05) is 6.54 Å². The summed E-state index contributed by atoms with van der Waals surface area (Å²) in [5, 5.41) is 19.6. The molecule has 0 aromatic heterocycles. The molecule has 1 amide bonds. The Morgan fingerprint density at radius 3 is 3.08 bits per heavy atom. The van der Waals surface area contributed by atoms with E-state index in [1.54, 1.807) is 12.2 Å². The molecule has 68 valence electrons. The second-order valence-corrected chi connectivity index (χ2v) is 2.48. The number of amides is 1. The van der Waals surface area contributed by atoms with Crippen molar-refractivity contribution in [3.8, 4) is 0 Å². The van der Waals surface area contributed by atoms with E-state index < -0.39 is 12.2 Å². The highest BCUT2D eigenvalue weighted by molar-refractivity contribution is 5.64. The van der Waals surface area contributed by atoms with Gasteiger partial charge in [0.15, 0.2) is 0 Å². The quantitative estimate of drug-likeness (QED) is 0.506.